The smallest absolute Gasteiger partial charge is 0.248 e. The van der Waals surface area contributed by atoms with E-state index in [4.69, 9.17) is 0 Å². The van der Waals surface area contributed by atoms with Crippen LogP contribution >= 0.6 is 11.3 Å². The van der Waals surface area contributed by atoms with Gasteiger partial charge in [0.2, 0.25) is 5.56 Å². The Morgan fingerprint density at radius 2 is 2.11 bits per heavy atom. The summed E-state index contributed by atoms with van der Waals surface area (Å²) in [6.07, 6.45) is 3.52. The fourth-order valence-corrected chi connectivity index (χ4v) is 2.88. The Hall–Kier alpha value is -2.27. The van der Waals surface area contributed by atoms with Crippen molar-refractivity contribution in [1.82, 2.24) is 15.0 Å². The topological polar surface area (TPSA) is 58.6 Å². The second kappa shape index (κ2) is 4.78. The predicted octanol–water partition coefficient (Wildman–Crippen LogP) is 2.87. The molecule has 0 saturated heterocycles. The first-order chi connectivity index (χ1) is 9.24. The predicted molar refractivity (Wildman–Crippen MR) is 76.1 cm³/mol. The quantitative estimate of drug-likeness (QED) is 0.778. The fourth-order valence-electron chi connectivity index (χ4n) is 1.84. The third kappa shape index (κ3) is 2.32. The molecule has 0 aliphatic rings. The van der Waals surface area contributed by atoms with E-state index in [9.17, 15) is 4.79 Å². The van der Waals surface area contributed by atoms with E-state index in [0.29, 0.717) is 0 Å². The van der Waals surface area contributed by atoms with Crippen LogP contribution in [0, 0.1) is 6.92 Å². The molecule has 3 aromatic heterocycles. The lowest BCUT2D eigenvalue weighted by atomic mass is 10.2. The molecule has 0 aromatic carbocycles. The van der Waals surface area contributed by atoms with E-state index in [2.05, 4.69) is 15.0 Å². The standard InChI is InChI=1S/C14H11N3OS/c1-9-13(11-5-2-6-12(18)17-11)19-14(16-9)10-4-3-7-15-8-10/h2-8H,1H3,(H,17,18). The van der Waals surface area contributed by atoms with Crippen LogP contribution in [0.3, 0.4) is 0 Å². The maximum absolute atomic E-state index is 11.4. The maximum Gasteiger partial charge on any atom is 0.248 e. The lowest BCUT2D eigenvalue weighted by Gasteiger charge is -1.96. The van der Waals surface area contributed by atoms with E-state index in [1.807, 2.05) is 25.1 Å². The molecule has 0 saturated carbocycles. The molecule has 0 radical (unpaired) electrons. The molecular weight excluding hydrogens is 258 g/mol. The highest BCUT2D eigenvalue weighted by atomic mass is 32.1. The first kappa shape index (κ1) is 11.8. The van der Waals surface area contributed by atoms with Gasteiger partial charge in [-0.25, -0.2) is 4.98 Å². The normalized spacial score (nSPS) is 10.6. The number of aryl methyl sites for hydroxylation is 1. The number of thiazole rings is 1. The summed E-state index contributed by atoms with van der Waals surface area (Å²) in [5, 5.41) is 0.908. The van der Waals surface area contributed by atoms with Gasteiger partial charge >= 0.3 is 0 Å². The third-order valence-corrected chi connectivity index (χ3v) is 3.96. The summed E-state index contributed by atoms with van der Waals surface area (Å²) in [7, 11) is 0. The van der Waals surface area contributed by atoms with Crippen molar-refractivity contribution in [2.45, 2.75) is 6.92 Å². The largest absolute Gasteiger partial charge is 0.321 e. The zero-order valence-electron chi connectivity index (χ0n) is 10.3. The van der Waals surface area contributed by atoms with E-state index in [0.717, 1.165) is 26.8 Å². The summed E-state index contributed by atoms with van der Waals surface area (Å²) in [6, 6.07) is 8.99. The van der Waals surface area contributed by atoms with Crippen LogP contribution in [-0.2, 0) is 0 Å². The maximum atomic E-state index is 11.4. The van der Waals surface area contributed by atoms with Gasteiger partial charge < -0.3 is 4.98 Å². The highest BCUT2D eigenvalue weighted by molar-refractivity contribution is 7.18. The lowest BCUT2D eigenvalue weighted by molar-refractivity contribution is 1.21. The molecule has 0 bridgehead atoms. The molecule has 0 spiro atoms. The lowest BCUT2D eigenvalue weighted by Crippen LogP contribution is -2.03. The Morgan fingerprint density at radius 3 is 2.84 bits per heavy atom. The summed E-state index contributed by atoms with van der Waals surface area (Å²) in [6.45, 7) is 1.94. The molecule has 19 heavy (non-hydrogen) atoms. The molecule has 0 aliphatic carbocycles. The summed E-state index contributed by atoms with van der Waals surface area (Å²) >= 11 is 1.55. The zero-order valence-corrected chi connectivity index (χ0v) is 11.1. The Bertz CT molecular complexity index is 762. The van der Waals surface area contributed by atoms with E-state index >= 15 is 0 Å². The van der Waals surface area contributed by atoms with Crippen LogP contribution in [-0.4, -0.2) is 15.0 Å². The number of nitrogens with one attached hydrogen (secondary N) is 1. The third-order valence-electron chi connectivity index (χ3n) is 2.72. The molecule has 1 N–H and O–H groups in total. The second-order valence-corrected chi connectivity index (χ2v) is 5.10. The van der Waals surface area contributed by atoms with Crippen LogP contribution in [0.5, 0.6) is 0 Å². The Labute approximate surface area is 113 Å². The molecule has 0 fully saturated rings. The minimum Gasteiger partial charge on any atom is -0.321 e. The molecule has 5 heteroatoms. The van der Waals surface area contributed by atoms with Crippen LogP contribution in [0.2, 0.25) is 0 Å². The zero-order chi connectivity index (χ0) is 13.2. The molecule has 0 atom stereocenters. The number of aromatic nitrogens is 3. The van der Waals surface area contributed by atoms with Crippen LogP contribution in [0.25, 0.3) is 21.1 Å². The Morgan fingerprint density at radius 1 is 1.21 bits per heavy atom. The van der Waals surface area contributed by atoms with E-state index < -0.39 is 0 Å². The van der Waals surface area contributed by atoms with Crippen LogP contribution in [0.4, 0.5) is 0 Å². The summed E-state index contributed by atoms with van der Waals surface area (Å²) in [5.41, 5.74) is 2.59. The van der Waals surface area contributed by atoms with Gasteiger partial charge in [-0.15, -0.1) is 11.3 Å². The van der Waals surface area contributed by atoms with E-state index in [1.54, 1.807) is 29.8 Å². The molecule has 0 amide bonds. The number of H-pyrrole nitrogens is 1. The molecule has 94 valence electrons. The van der Waals surface area contributed by atoms with Crippen LogP contribution in [0.1, 0.15) is 5.69 Å². The van der Waals surface area contributed by atoms with E-state index in [1.165, 1.54) is 6.07 Å². The van der Waals surface area contributed by atoms with Gasteiger partial charge in [0.1, 0.15) is 5.01 Å². The van der Waals surface area contributed by atoms with Crippen molar-refractivity contribution >= 4 is 11.3 Å². The number of nitrogens with zero attached hydrogens (tertiary/aromatic N) is 2. The monoisotopic (exact) mass is 269 g/mol. The first-order valence-corrected chi connectivity index (χ1v) is 6.63. The highest BCUT2D eigenvalue weighted by Gasteiger charge is 2.11. The van der Waals surface area contributed by atoms with E-state index in [-0.39, 0.29) is 5.56 Å². The van der Waals surface area contributed by atoms with Crippen LogP contribution in [0.15, 0.2) is 47.5 Å². The second-order valence-electron chi connectivity index (χ2n) is 4.10. The molecule has 4 nitrogen and oxygen atoms in total. The van der Waals surface area contributed by atoms with Gasteiger partial charge in [0.05, 0.1) is 16.3 Å². The van der Waals surface area contributed by atoms with Crippen molar-refractivity contribution in [3.8, 4) is 21.1 Å². The Balaban J connectivity index is 2.10. The molecule has 3 heterocycles. The van der Waals surface area contributed by atoms with Gasteiger partial charge in [-0.2, -0.15) is 0 Å². The summed E-state index contributed by atoms with van der Waals surface area (Å²) in [5.74, 6) is 0. The van der Waals surface area contributed by atoms with Crippen molar-refractivity contribution in [3.05, 3.63) is 58.8 Å². The van der Waals surface area contributed by atoms with Gasteiger partial charge in [0.15, 0.2) is 0 Å². The van der Waals surface area contributed by atoms with Crippen molar-refractivity contribution in [2.24, 2.45) is 0 Å². The van der Waals surface area contributed by atoms with Crippen LogP contribution < -0.4 is 5.56 Å². The highest BCUT2D eigenvalue weighted by Crippen LogP contribution is 2.33. The molecule has 0 aliphatic heterocycles. The Kier molecular flexibility index (Phi) is 2.97. The summed E-state index contributed by atoms with van der Waals surface area (Å²) in [4.78, 5) is 23.8. The average Bonchev–Trinajstić information content (AvgIpc) is 2.82. The summed E-state index contributed by atoms with van der Waals surface area (Å²) < 4.78 is 0. The fraction of sp³-hybridized carbons (Fsp3) is 0.0714. The van der Waals surface area contributed by atoms with Gasteiger partial charge in [-0.05, 0) is 25.1 Å². The number of aromatic amines is 1. The number of hydrogen-bond donors (Lipinski definition) is 1. The van der Waals surface area contributed by atoms with Crippen molar-refractivity contribution in [2.75, 3.05) is 0 Å². The molecule has 3 rings (SSSR count). The molecule has 0 unspecified atom stereocenters. The minimum atomic E-state index is -0.103. The molecule has 3 aromatic rings. The minimum absolute atomic E-state index is 0.103. The van der Waals surface area contributed by atoms with Crippen molar-refractivity contribution in [1.29, 1.82) is 0 Å². The number of pyridine rings is 2. The first-order valence-electron chi connectivity index (χ1n) is 5.81. The van der Waals surface area contributed by atoms with Gasteiger partial charge in [0.25, 0.3) is 0 Å². The average molecular weight is 269 g/mol. The number of rotatable bonds is 2. The number of hydrogen-bond acceptors (Lipinski definition) is 4. The van der Waals surface area contributed by atoms with Crippen molar-refractivity contribution < 1.29 is 0 Å². The van der Waals surface area contributed by atoms with Gasteiger partial charge in [-0.1, -0.05) is 6.07 Å². The van der Waals surface area contributed by atoms with Gasteiger partial charge in [0, 0.05) is 24.0 Å². The van der Waals surface area contributed by atoms with Gasteiger partial charge in [-0.3, -0.25) is 9.78 Å². The SMILES string of the molecule is Cc1nc(-c2cccnc2)sc1-c1cccc(=O)[nH]1. The molecular formula is C14H11N3OS. The van der Waals surface area contributed by atoms with Crippen molar-refractivity contribution in [3.63, 3.8) is 0 Å².